The molecule has 90 valence electrons. The summed E-state index contributed by atoms with van der Waals surface area (Å²) >= 11 is 0. The Morgan fingerprint density at radius 2 is 1.94 bits per heavy atom. The highest BCUT2D eigenvalue weighted by Gasteiger charge is 2.30. The van der Waals surface area contributed by atoms with Crippen LogP contribution in [0.25, 0.3) is 0 Å². The average Bonchev–Trinajstić information content (AvgIpc) is 2.17. The molecule has 16 heavy (non-hydrogen) atoms. The molecule has 1 aromatic rings. The molecule has 0 aliphatic heterocycles. The van der Waals surface area contributed by atoms with Gasteiger partial charge in [-0.05, 0) is 24.8 Å². The van der Waals surface area contributed by atoms with Crippen molar-refractivity contribution < 1.29 is 5.11 Å². The maximum atomic E-state index is 10.8. The van der Waals surface area contributed by atoms with E-state index in [4.69, 9.17) is 5.73 Å². The van der Waals surface area contributed by atoms with Gasteiger partial charge in [0.15, 0.2) is 0 Å². The molecule has 0 fully saturated rings. The SMILES string of the molecule is CCCC(O)(CC(C)C)c1ccccc1N. The Labute approximate surface area is 98.5 Å². The Morgan fingerprint density at radius 3 is 2.44 bits per heavy atom. The minimum atomic E-state index is -0.770. The lowest BCUT2D eigenvalue weighted by Gasteiger charge is -2.31. The predicted molar refractivity (Wildman–Crippen MR) is 69.1 cm³/mol. The highest BCUT2D eigenvalue weighted by molar-refractivity contribution is 5.49. The highest BCUT2D eigenvalue weighted by atomic mass is 16.3. The maximum absolute atomic E-state index is 10.8. The van der Waals surface area contributed by atoms with E-state index < -0.39 is 5.60 Å². The van der Waals surface area contributed by atoms with Crippen molar-refractivity contribution in [3.63, 3.8) is 0 Å². The van der Waals surface area contributed by atoms with Crippen LogP contribution in [-0.4, -0.2) is 5.11 Å². The second-order valence-corrected chi connectivity index (χ2v) is 4.97. The summed E-state index contributed by atoms with van der Waals surface area (Å²) in [5.41, 5.74) is 6.76. The first-order chi connectivity index (χ1) is 7.49. The van der Waals surface area contributed by atoms with Gasteiger partial charge < -0.3 is 10.8 Å². The van der Waals surface area contributed by atoms with Crippen LogP contribution in [0, 0.1) is 5.92 Å². The van der Waals surface area contributed by atoms with Gasteiger partial charge in [0.1, 0.15) is 0 Å². The number of hydrogen-bond donors (Lipinski definition) is 2. The van der Waals surface area contributed by atoms with Crippen molar-refractivity contribution in [1.82, 2.24) is 0 Å². The first-order valence-electron chi connectivity index (χ1n) is 6.07. The molecule has 0 radical (unpaired) electrons. The molecule has 1 atom stereocenters. The quantitative estimate of drug-likeness (QED) is 0.749. The van der Waals surface area contributed by atoms with E-state index in [1.807, 2.05) is 24.3 Å². The first kappa shape index (κ1) is 13.0. The molecule has 1 unspecified atom stereocenters. The lowest BCUT2D eigenvalue weighted by molar-refractivity contribution is 0.00668. The minimum absolute atomic E-state index is 0.455. The summed E-state index contributed by atoms with van der Waals surface area (Å²) in [6.07, 6.45) is 2.48. The molecule has 3 N–H and O–H groups in total. The van der Waals surface area contributed by atoms with Crippen LogP contribution in [0.3, 0.4) is 0 Å². The molecule has 0 bridgehead atoms. The van der Waals surface area contributed by atoms with E-state index in [1.54, 1.807) is 0 Å². The average molecular weight is 221 g/mol. The Kier molecular flexibility index (Phi) is 4.36. The number of rotatable bonds is 5. The number of benzene rings is 1. The maximum Gasteiger partial charge on any atom is 0.0918 e. The minimum Gasteiger partial charge on any atom is -0.398 e. The fourth-order valence-electron chi connectivity index (χ4n) is 2.36. The van der Waals surface area contributed by atoms with Crippen molar-refractivity contribution in [3.05, 3.63) is 29.8 Å². The molecule has 0 amide bonds. The van der Waals surface area contributed by atoms with Crippen LogP contribution < -0.4 is 5.73 Å². The van der Waals surface area contributed by atoms with Gasteiger partial charge in [-0.2, -0.15) is 0 Å². The van der Waals surface area contributed by atoms with Crippen molar-refractivity contribution >= 4 is 5.69 Å². The van der Waals surface area contributed by atoms with Gasteiger partial charge in [0.2, 0.25) is 0 Å². The van der Waals surface area contributed by atoms with Crippen LogP contribution in [0.5, 0.6) is 0 Å². The molecule has 2 heteroatoms. The van der Waals surface area contributed by atoms with Crippen LogP contribution in [0.4, 0.5) is 5.69 Å². The second-order valence-electron chi connectivity index (χ2n) is 4.97. The molecular weight excluding hydrogens is 198 g/mol. The van der Waals surface area contributed by atoms with Crippen molar-refractivity contribution in [2.45, 2.75) is 45.6 Å². The van der Waals surface area contributed by atoms with E-state index in [0.29, 0.717) is 11.6 Å². The molecule has 0 spiro atoms. The zero-order valence-electron chi connectivity index (χ0n) is 10.5. The third-order valence-corrected chi connectivity index (χ3v) is 2.87. The number of aliphatic hydroxyl groups is 1. The van der Waals surface area contributed by atoms with Gasteiger partial charge in [0.05, 0.1) is 5.60 Å². The molecule has 1 rings (SSSR count). The van der Waals surface area contributed by atoms with Gasteiger partial charge in [0.25, 0.3) is 0 Å². The van der Waals surface area contributed by atoms with Gasteiger partial charge in [-0.1, -0.05) is 45.4 Å². The lowest BCUT2D eigenvalue weighted by atomic mass is 9.81. The fraction of sp³-hybridized carbons (Fsp3) is 0.571. The van der Waals surface area contributed by atoms with Crippen LogP contribution >= 0.6 is 0 Å². The summed E-state index contributed by atoms with van der Waals surface area (Å²) in [7, 11) is 0. The normalized spacial score (nSPS) is 15.1. The molecule has 0 aromatic heterocycles. The molecule has 2 nitrogen and oxygen atoms in total. The number of anilines is 1. The van der Waals surface area contributed by atoms with Crippen molar-refractivity contribution in [1.29, 1.82) is 0 Å². The molecule has 0 saturated heterocycles. The van der Waals surface area contributed by atoms with E-state index in [1.165, 1.54) is 0 Å². The predicted octanol–water partition coefficient (Wildman–Crippen LogP) is 3.30. The van der Waals surface area contributed by atoms with Gasteiger partial charge in [-0.3, -0.25) is 0 Å². The molecule has 0 aliphatic carbocycles. The zero-order chi connectivity index (χ0) is 12.2. The van der Waals surface area contributed by atoms with Crippen molar-refractivity contribution in [2.75, 3.05) is 5.73 Å². The van der Waals surface area contributed by atoms with Gasteiger partial charge in [0, 0.05) is 11.3 Å². The lowest BCUT2D eigenvalue weighted by Crippen LogP contribution is -2.28. The van der Waals surface area contributed by atoms with E-state index in [0.717, 1.165) is 24.8 Å². The number of hydrogen-bond acceptors (Lipinski definition) is 2. The summed E-state index contributed by atoms with van der Waals surface area (Å²) in [4.78, 5) is 0. The smallest absolute Gasteiger partial charge is 0.0918 e. The van der Waals surface area contributed by atoms with E-state index in [-0.39, 0.29) is 0 Å². The Morgan fingerprint density at radius 1 is 1.31 bits per heavy atom. The fourth-order valence-corrected chi connectivity index (χ4v) is 2.36. The zero-order valence-corrected chi connectivity index (χ0v) is 10.5. The third kappa shape index (κ3) is 2.99. The second kappa shape index (κ2) is 5.35. The summed E-state index contributed by atoms with van der Waals surface area (Å²) in [5, 5.41) is 10.8. The van der Waals surface area contributed by atoms with Crippen LogP contribution in [0.2, 0.25) is 0 Å². The molecular formula is C14H23NO. The largest absolute Gasteiger partial charge is 0.398 e. The summed E-state index contributed by atoms with van der Waals surface area (Å²) in [6, 6.07) is 7.64. The van der Waals surface area contributed by atoms with Gasteiger partial charge in [-0.25, -0.2) is 0 Å². The molecule has 0 heterocycles. The van der Waals surface area contributed by atoms with Crippen molar-refractivity contribution in [3.8, 4) is 0 Å². The summed E-state index contributed by atoms with van der Waals surface area (Å²) in [5.74, 6) is 0.455. The highest BCUT2D eigenvalue weighted by Crippen LogP contribution is 2.36. The Balaban J connectivity index is 3.05. The molecule has 1 aromatic carbocycles. The van der Waals surface area contributed by atoms with Crippen LogP contribution in [0.15, 0.2) is 24.3 Å². The Hall–Kier alpha value is -1.02. The van der Waals surface area contributed by atoms with Crippen LogP contribution in [-0.2, 0) is 5.60 Å². The topological polar surface area (TPSA) is 46.2 Å². The molecule has 0 saturated carbocycles. The standard InChI is InChI=1S/C14H23NO/c1-4-9-14(16,10-11(2)3)12-7-5-6-8-13(12)15/h5-8,11,16H,4,9-10,15H2,1-3H3. The molecule has 0 aliphatic rings. The number of para-hydroxylation sites is 1. The summed E-state index contributed by atoms with van der Waals surface area (Å²) < 4.78 is 0. The van der Waals surface area contributed by atoms with Crippen molar-refractivity contribution in [2.24, 2.45) is 5.92 Å². The third-order valence-electron chi connectivity index (χ3n) is 2.87. The van der Waals surface area contributed by atoms with E-state index in [9.17, 15) is 5.11 Å². The first-order valence-corrected chi connectivity index (χ1v) is 6.07. The summed E-state index contributed by atoms with van der Waals surface area (Å²) in [6.45, 7) is 6.34. The van der Waals surface area contributed by atoms with Gasteiger partial charge in [-0.15, -0.1) is 0 Å². The number of nitrogen functional groups attached to an aromatic ring is 1. The van der Waals surface area contributed by atoms with E-state index >= 15 is 0 Å². The Bertz CT molecular complexity index is 335. The number of nitrogens with two attached hydrogens (primary N) is 1. The monoisotopic (exact) mass is 221 g/mol. The van der Waals surface area contributed by atoms with Crippen LogP contribution in [0.1, 0.15) is 45.6 Å². The van der Waals surface area contributed by atoms with E-state index in [2.05, 4.69) is 20.8 Å². The van der Waals surface area contributed by atoms with Gasteiger partial charge >= 0.3 is 0 Å².